The maximum Gasteiger partial charge on any atom is 0.233 e. The molecule has 0 aliphatic heterocycles. The molecule has 3 aromatic rings. The number of aryl methyl sites for hydroxylation is 2. The van der Waals surface area contributed by atoms with Crippen molar-refractivity contribution in [3.05, 3.63) is 46.3 Å². The highest BCUT2D eigenvalue weighted by molar-refractivity contribution is 8.00. The van der Waals surface area contributed by atoms with E-state index in [1.54, 1.807) is 11.3 Å². The van der Waals surface area contributed by atoms with Crippen LogP contribution in [0.3, 0.4) is 0 Å². The number of carbonyl (C=O) groups is 1. The highest BCUT2D eigenvalue weighted by atomic mass is 32.2. The van der Waals surface area contributed by atoms with Crippen LogP contribution in [0.25, 0.3) is 10.2 Å². The molecule has 2 atom stereocenters. The molecule has 0 aliphatic carbocycles. The normalized spacial score (nSPS) is 13.5. The molecule has 0 spiro atoms. The molecule has 0 saturated heterocycles. The first-order chi connectivity index (χ1) is 12.4. The van der Waals surface area contributed by atoms with Crippen molar-refractivity contribution >= 4 is 45.0 Å². The van der Waals surface area contributed by atoms with Gasteiger partial charge in [-0.05, 0) is 38.8 Å². The molecule has 7 heteroatoms. The number of benzene rings is 1. The van der Waals surface area contributed by atoms with Crippen LogP contribution in [0.5, 0.6) is 0 Å². The molecule has 1 aromatic carbocycles. The van der Waals surface area contributed by atoms with Gasteiger partial charge in [-0.3, -0.25) is 4.79 Å². The molecular weight excluding hydrogens is 364 g/mol. The minimum absolute atomic E-state index is 0.0489. The lowest BCUT2D eigenvalue weighted by molar-refractivity contribution is -0.120. The second kappa shape index (κ2) is 7.63. The summed E-state index contributed by atoms with van der Waals surface area (Å²) in [6.07, 6.45) is 0. The predicted octanol–water partition coefficient (Wildman–Crippen LogP) is 4.25. The van der Waals surface area contributed by atoms with E-state index in [0.29, 0.717) is 11.0 Å². The molecule has 136 valence electrons. The maximum atomic E-state index is 12.5. The summed E-state index contributed by atoms with van der Waals surface area (Å²) in [6.45, 7) is 7.91. The summed E-state index contributed by atoms with van der Waals surface area (Å²) >= 11 is 2.93. The lowest BCUT2D eigenvalue weighted by Gasteiger charge is -2.17. The summed E-state index contributed by atoms with van der Waals surface area (Å²) in [4.78, 5) is 23.6. The number of nitrogens with one attached hydrogen (secondary N) is 1. The lowest BCUT2D eigenvalue weighted by atomic mass is 10.1. The van der Waals surface area contributed by atoms with E-state index in [0.717, 1.165) is 21.3 Å². The van der Waals surface area contributed by atoms with E-state index in [2.05, 4.69) is 22.2 Å². The van der Waals surface area contributed by atoms with Gasteiger partial charge < -0.3 is 11.1 Å². The number of thioether (sulfide) groups is 1. The Morgan fingerprint density at radius 3 is 2.58 bits per heavy atom. The molecule has 0 aliphatic rings. The highest BCUT2D eigenvalue weighted by Gasteiger charge is 2.20. The zero-order chi connectivity index (χ0) is 18.8. The summed E-state index contributed by atoms with van der Waals surface area (Å²) in [6, 6.07) is 9.84. The number of nitrogen functional groups attached to an aromatic ring is 1. The molecule has 3 N–H and O–H groups in total. The first-order valence-corrected chi connectivity index (χ1v) is 10.1. The summed E-state index contributed by atoms with van der Waals surface area (Å²) < 4.78 is 0. The molecule has 5 nitrogen and oxygen atoms in total. The number of aromatic nitrogens is 2. The number of nitrogens with two attached hydrogens (primary N) is 1. The second-order valence-electron chi connectivity index (χ2n) is 6.26. The number of anilines is 1. The Morgan fingerprint density at radius 2 is 1.88 bits per heavy atom. The Kier molecular flexibility index (Phi) is 5.48. The van der Waals surface area contributed by atoms with Gasteiger partial charge in [-0.25, -0.2) is 9.97 Å². The predicted molar refractivity (Wildman–Crippen MR) is 110 cm³/mol. The summed E-state index contributed by atoms with van der Waals surface area (Å²) in [7, 11) is 0. The fourth-order valence-corrected chi connectivity index (χ4v) is 4.56. The van der Waals surface area contributed by atoms with Crippen molar-refractivity contribution in [1.82, 2.24) is 15.3 Å². The van der Waals surface area contributed by atoms with Crippen LogP contribution in [0.15, 0.2) is 35.5 Å². The molecule has 2 unspecified atom stereocenters. The third-order valence-electron chi connectivity index (χ3n) is 4.35. The van der Waals surface area contributed by atoms with Gasteiger partial charge in [0.15, 0.2) is 5.16 Å². The van der Waals surface area contributed by atoms with E-state index in [1.165, 1.54) is 16.6 Å². The van der Waals surface area contributed by atoms with Crippen LogP contribution in [0.2, 0.25) is 0 Å². The van der Waals surface area contributed by atoms with Gasteiger partial charge in [0.25, 0.3) is 0 Å². The molecular formula is C19H22N4OS2. The Bertz CT molecular complexity index is 940. The van der Waals surface area contributed by atoms with Crippen LogP contribution in [0.4, 0.5) is 5.82 Å². The van der Waals surface area contributed by atoms with Gasteiger partial charge in [-0.2, -0.15) is 0 Å². The van der Waals surface area contributed by atoms with E-state index < -0.39 is 0 Å². The highest BCUT2D eigenvalue weighted by Crippen LogP contribution is 2.34. The average Bonchev–Trinajstić information content (AvgIpc) is 2.90. The van der Waals surface area contributed by atoms with Gasteiger partial charge >= 0.3 is 0 Å². The van der Waals surface area contributed by atoms with Crippen molar-refractivity contribution in [2.45, 2.75) is 44.1 Å². The number of nitrogens with zero attached hydrogens (tertiary/aromatic N) is 2. The smallest absolute Gasteiger partial charge is 0.233 e. The van der Waals surface area contributed by atoms with Crippen LogP contribution in [0, 0.1) is 13.8 Å². The second-order valence-corrected chi connectivity index (χ2v) is 8.77. The largest absolute Gasteiger partial charge is 0.383 e. The minimum atomic E-state index is -0.319. The van der Waals surface area contributed by atoms with Crippen molar-refractivity contribution in [1.29, 1.82) is 0 Å². The molecule has 2 aromatic heterocycles. The van der Waals surface area contributed by atoms with E-state index in [-0.39, 0.29) is 17.2 Å². The van der Waals surface area contributed by atoms with Crippen LogP contribution in [0.1, 0.15) is 35.9 Å². The summed E-state index contributed by atoms with van der Waals surface area (Å²) in [5.74, 6) is 0.428. The zero-order valence-electron chi connectivity index (χ0n) is 15.2. The maximum absolute atomic E-state index is 12.5. The zero-order valence-corrected chi connectivity index (χ0v) is 16.9. The van der Waals surface area contributed by atoms with E-state index >= 15 is 0 Å². The van der Waals surface area contributed by atoms with Gasteiger partial charge in [0.05, 0.1) is 16.7 Å². The first-order valence-electron chi connectivity index (χ1n) is 8.42. The molecule has 0 saturated carbocycles. The Hall–Kier alpha value is -2.12. The number of fused-ring (bicyclic) bond motifs is 1. The third-order valence-corrected chi connectivity index (χ3v) is 6.41. The Labute approximate surface area is 161 Å². The molecule has 0 bridgehead atoms. The molecule has 1 amide bonds. The molecule has 26 heavy (non-hydrogen) atoms. The van der Waals surface area contributed by atoms with Crippen molar-refractivity contribution in [3.63, 3.8) is 0 Å². The fraction of sp³-hybridized carbons (Fsp3) is 0.316. The Morgan fingerprint density at radius 1 is 1.19 bits per heavy atom. The van der Waals surface area contributed by atoms with E-state index in [9.17, 15) is 4.79 Å². The number of carbonyl (C=O) groups excluding carboxylic acids is 1. The number of hydrogen-bond donors (Lipinski definition) is 2. The third kappa shape index (κ3) is 3.83. The van der Waals surface area contributed by atoms with Crippen LogP contribution in [-0.2, 0) is 4.79 Å². The molecule has 3 rings (SSSR count). The van der Waals surface area contributed by atoms with Gasteiger partial charge in [0, 0.05) is 4.88 Å². The standard InChI is InChI=1S/C19H22N4OS2/c1-10-12(3)25-18-15(10)16(20)22-19(23-18)26-13(4)17(24)21-11(2)14-8-6-5-7-9-14/h5-9,11,13H,1-4H3,(H,21,24)(H2,20,22,23). The van der Waals surface area contributed by atoms with Crippen LogP contribution in [-0.4, -0.2) is 21.1 Å². The molecule has 0 radical (unpaired) electrons. The SMILES string of the molecule is Cc1sc2nc(SC(C)C(=O)NC(C)c3ccccc3)nc(N)c2c1C. The van der Waals surface area contributed by atoms with Crippen molar-refractivity contribution < 1.29 is 4.79 Å². The molecule has 2 heterocycles. The van der Waals surface area contributed by atoms with Gasteiger partial charge in [0.2, 0.25) is 5.91 Å². The minimum Gasteiger partial charge on any atom is -0.383 e. The Balaban J connectivity index is 1.72. The van der Waals surface area contributed by atoms with Crippen LogP contribution < -0.4 is 11.1 Å². The fourth-order valence-electron chi connectivity index (χ4n) is 2.68. The van der Waals surface area contributed by atoms with Gasteiger partial charge in [-0.15, -0.1) is 11.3 Å². The summed E-state index contributed by atoms with van der Waals surface area (Å²) in [5.41, 5.74) is 8.32. The van der Waals surface area contributed by atoms with Crippen LogP contribution >= 0.6 is 23.1 Å². The number of hydrogen-bond acceptors (Lipinski definition) is 6. The average molecular weight is 387 g/mol. The van der Waals surface area contributed by atoms with E-state index in [1.807, 2.05) is 51.1 Å². The van der Waals surface area contributed by atoms with Crippen molar-refractivity contribution in [2.24, 2.45) is 0 Å². The number of rotatable bonds is 5. The number of amides is 1. The summed E-state index contributed by atoms with van der Waals surface area (Å²) in [5, 5.41) is 4.17. The lowest BCUT2D eigenvalue weighted by Crippen LogP contribution is -2.33. The van der Waals surface area contributed by atoms with Crippen molar-refractivity contribution in [3.8, 4) is 0 Å². The van der Waals surface area contributed by atoms with Gasteiger partial charge in [-0.1, -0.05) is 42.1 Å². The molecule has 0 fully saturated rings. The number of thiophene rings is 1. The van der Waals surface area contributed by atoms with Crippen molar-refractivity contribution in [2.75, 3.05) is 5.73 Å². The quantitative estimate of drug-likeness (QED) is 0.506. The van der Waals surface area contributed by atoms with E-state index in [4.69, 9.17) is 5.73 Å². The van der Waals surface area contributed by atoms with Gasteiger partial charge in [0.1, 0.15) is 10.6 Å². The topological polar surface area (TPSA) is 80.9 Å². The first kappa shape index (κ1) is 18.7. The monoisotopic (exact) mass is 386 g/mol.